The molecule has 4 heteroatoms. The normalized spacial score (nSPS) is 11.6. The highest BCUT2D eigenvalue weighted by atomic mass is 15.0. The molecule has 1 aromatic carbocycles. The van der Waals surface area contributed by atoms with Crippen LogP contribution in [0.2, 0.25) is 0 Å². The number of hydrogen-bond donors (Lipinski definition) is 2. The number of hydrogen-bond acceptors (Lipinski definition) is 4. The molecule has 2 aromatic rings. The Bertz CT molecular complexity index is 552. The van der Waals surface area contributed by atoms with Crippen LogP contribution in [0.3, 0.4) is 0 Å². The predicted molar refractivity (Wildman–Crippen MR) is 71.8 cm³/mol. The molecule has 0 aliphatic rings. The van der Waals surface area contributed by atoms with Gasteiger partial charge in [-0.25, -0.2) is 4.98 Å². The average Bonchev–Trinajstić information content (AvgIpc) is 2.40. The maximum Gasteiger partial charge on any atom is 0.126 e. The number of nitriles is 1. The molecule has 1 atom stereocenters. The van der Waals surface area contributed by atoms with Gasteiger partial charge in [0.05, 0.1) is 5.56 Å². The van der Waals surface area contributed by atoms with Crippen LogP contribution in [0.4, 0.5) is 11.5 Å². The van der Waals surface area contributed by atoms with E-state index in [1.165, 1.54) is 0 Å². The number of anilines is 2. The molecule has 0 fully saturated rings. The minimum atomic E-state index is 0.131. The molecular formula is C14H14N4. The van der Waals surface area contributed by atoms with E-state index in [9.17, 15) is 0 Å². The lowest BCUT2D eigenvalue weighted by Crippen LogP contribution is -2.07. The Morgan fingerprint density at radius 3 is 2.50 bits per heavy atom. The van der Waals surface area contributed by atoms with Crippen LogP contribution >= 0.6 is 0 Å². The SMILES string of the molecule is CC(Nc1ccc(C#N)cn1)c1ccc(N)cc1. The number of nitrogens with zero attached hydrogens (tertiary/aromatic N) is 2. The maximum absolute atomic E-state index is 8.69. The zero-order valence-corrected chi connectivity index (χ0v) is 10.1. The Balaban J connectivity index is 2.08. The van der Waals surface area contributed by atoms with Gasteiger partial charge in [0.2, 0.25) is 0 Å². The van der Waals surface area contributed by atoms with Gasteiger partial charge in [-0.3, -0.25) is 0 Å². The molecule has 0 bridgehead atoms. The molecule has 1 aromatic heterocycles. The van der Waals surface area contributed by atoms with Crippen LogP contribution in [0.15, 0.2) is 42.6 Å². The Hall–Kier alpha value is -2.54. The molecule has 90 valence electrons. The second-order valence-corrected chi connectivity index (χ2v) is 4.08. The molecule has 0 amide bonds. The summed E-state index contributed by atoms with van der Waals surface area (Å²) in [6.07, 6.45) is 1.55. The van der Waals surface area contributed by atoms with Crippen molar-refractivity contribution in [3.8, 4) is 6.07 Å². The fourth-order valence-corrected chi connectivity index (χ4v) is 1.64. The Morgan fingerprint density at radius 2 is 1.94 bits per heavy atom. The first-order valence-corrected chi connectivity index (χ1v) is 5.67. The van der Waals surface area contributed by atoms with E-state index in [0.29, 0.717) is 5.56 Å². The van der Waals surface area contributed by atoms with Crippen molar-refractivity contribution >= 4 is 11.5 Å². The van der Waals surface area contributed by atoms with Crippen molar-refractivity contribution in [3.05, 3.63) is 53.7 Å². The molecule has 2 rings (SSSR count). The van der Waals surface area contributed by atoms with E-state index < -0.39 is 0 Å². The van der Waals surface area contributed by atoms with Crippen molar-refractivity contribution in [2.75, 3.05) is 11.1 Å². The molecule has 0 saturated carbocycles. The number of aromatic nitrogens is 1. The Kier molecular flexibility index (Phi) is 3.44. The van der Waals surface area contributed by atoms with Crippen molar-refractivity contribution < 1.29 is 0 Å². The van der Waals surface area contributed by atoms with E-state index in [2.05, 4.69) is 10.3 Å². The summed E-state index contributed by atoms with van der Waals surface area (Å²) < 4.78 is 0. The second kappa shape index (κ2) is 5.19. The lowest BCUT2D eigenvalue weighted by molar-refractivity contribution is 0.875. The molecule has 0 aliphatic carbocycles. The number of nitrogens with one attached hydrogen (secondary N) is 1. The Labute approximate surface area is 106 Å². The first-order chi connectivity index (χ1) is 8.69. The molecule has 0 saturated heterocycles. The van der Waals surface area contributed by atoms with Crippen molar-refractivity contribution in [1.82, 2.24) is 4.98 Å². The predicted octanol–water partition coefficient (Wildman–Crippen LogP) is 2.71. The lowest BCUT2D eigenvalue weighted by atomic mass is 10.1. The van der Waals surface area contributed by atoms with Crippen molar-refractivity contribution in [3.63, 3.8) is 0 Å². The minimum Gasteiger partial charge on any atom is -0.399 e. The van der Waals surface area contributed by atoms with Gasteiger partial charge in [0.15, 0.2) is 0 Å². The average molecular weight is 238 g/mol. The summed E-state index contributed by atoms with van der Waals surface area (Å²) in [5.41, 5.74) is 8.09. The summed E-state index contributed by atoms with van der Waals surface area (Å²) in [4.78, 5) is 4.17. The number of benzene rings is 1. The zero-order valence-electron chi connectivity index (χ0n) is 10.1. The molecule has 4 nitrogen and oxygen atoms in total. The maximum atomic E-state index is 8.69. The highest BCUT2D eigenvalue weighted by Crippen LogP contribution is 2.18. The van der Waals surface area contributed by atoms with Gasteiger partial charge in [-0.15, -0.1) is 0 Å². The van der Waals surface area contributed by atoms with E-state index in [1.807, 2.05) is 37.3 Å². The molecular weight excluding hydrogens is 224 g/mol. The monoisotopic (exact) mass is 238 g/mol. The van der Waals surface area contributed by atoms with Crippen LogP contribution < -0.4 is 11.1 Å². The number of pyridine rings is 1. The van der Waals surface area contributed by atoms with Crippen molar-refractivity contribution in [1.29, 1.82) is 5.26 Å². The van der Waals surface area contributed by atoms with Crippen LogP contribution in [0.25, 0.3) is 0 Å². The van der Waals surface area contributed by atoms with Gasteiger partial charge in [-0.1, -0.05) is 12.1 Å². The van der Waals surface area contributed by atoms with E-state index in [0.717, 1.165) is 17.1 Å². The molecule has 1 heterocycles. The molecule has 1 unspecified atom stereocenters. The molecule has 0 spiro atoms. The van der Waals surface area contributed by atoms with Crippen LogP contribution in [-0.2, 0) is 0 Å². The fraction of sp³-hybridized carbons (Fsp3) is 0.143. The van der Waals surface area contributed by atoms with Gasteiger partial charge in [-0.05, 0) is 36.8 Å². The van der Waals surface area contributed by atoms with Gasteiger partial charge < -0.3 is 11.1 Å². The summed E-state index contributed by atoms with van der Waals surface area (Å²) in [7, 11) is 0. The van der Waals surface area contributed by atoms with Gasteiger partial charge in [0.25, 0.3) is 0 Å². The molecule has 0 radical (unpaired) electrons. The molecule has 18 heavy (non-hydrogen) atoms. The molecule has 0 aliphatic heterocycles. The highest BCUT2D eigenvalue weighted by molar-refractivity contribution is 5.44. The molecule has 3 N–H and O–H groups in total. The van der Waals surface area contributed by atoms with Crippen LogP contribution in [0.5, 0.6) is 0 Å². The first kappa shape index (κ1) is 11.9. The first-order valence-electron chi connectivity index (χ1n) is 5.67. The summed E-state index contributed by atoms with van der Waals surface area (Å²) in [5.74, 6) is 0.748. The van der Waals surface area contributed by atoms with E-state index in [1.54, 1.807) is 18.3 Å². The quantitative estimate of drug-likeness (QED) is 0.806. The van der Waals surface area contributed by atoms with E-state index >= 15 is 0 Å². The van der Waals surface area contributed by atoms with Crippen LogP contribution in [0, 0.1) is 11.3 Å². The summed E-state index contributed by atoms with van der Waals surface area (Å²) in [5, 5.41) is 12.0. The second-order valence-electron chi connectivity index (χ2n) is 4.08. The topological polar surface area (TPSA) is 74.7 Å². The standard InChI is InChI=1S/C14H14N4/c1-10(12-3-5-13(16)6-4-12)18-14-7-2-11(8-15)9-17-14/h2-7,9-10H,16H2,1H3,(H,17,18). The van der Waals surface area contributed by atoms with Crippen molar-refractivity contribution in [2.45, 2.75) is 13.0 Å². The van der Waals surface area contributed by atoms with Gasteiger partial charge in [-0.2, -0.15) is 5.26 Å². The fourth-order valence-electron chi connectivity index (χ4n) is 1.64. The van der Waals surface area contributed by atoms with Crippen LogP contribution in [-0.4, -0.2) is 4.98 Å². The smallest absolute Gasteiger partial charge is 0.126 e. The summed E-state index contributed by atoms with van der Waals surface area (Å²) >= 11 is 0. The number of rotatable bonds is 3. The third-order valence-corrected chi connectivity index (χ3v) is 2.69. The van der Waals surface area contributed by atoms with Crippen molar-refractivity contribution in [2.24, 2.45) is 0 Å². The number of nitrogens with two attached hydrogens (primary N) is 1. The highest BCUT2D eigenvalue weighted by Gasteiger charge is 2.05. The Morgan fingerprint density at radius 1 is 1.22 bits per heavy atom. The van der Waals surface area contributed by atoms with E-state index in [4.69, 9.17) is 11.0 Å². The van der Waals surface area contributed by atoms with Gasteiger partial charge in [0.1, 0.15) is 11.9 Å². The van der Waals surface area contributed by atoms with E-state index in [-0.39, 0.29) is 6.04 Å². The summed E-state index contributed by atoms with van der Waals surface area (Å²) in [6.45, 7) is 2.05. The zero-order chi connectivity index (χ0) is 13.0. The van der Waals surface area contributed by atoms with Crippen LogP contribution in [0.1, 0.15) is 24.1 Å². The number of nitrogen functional groups attached to an aromatic ring is 1. The van der Waals surface area contributed by atoms with Gasteiger partial charge in [0, 0.05) is 17.9 Å². The van der Waals surface area contributed by atoms with Gasteiger partial charge >= 0.3 is 0 Å². The third-order valence-electron chi connectivity index (χ3n) is 2.69. The largest absolute Gasteiger partial charge is 0.399 e. The summed E-state index contributed by atoms with van der Waals surface area (Å²) in [6, 6.07) is 13.4. The lowest BCUT2D eigenvalue weighted by Gasteiger charge is -2.15. The third kappa shape index (κ3) is 2.77. The minimum absolute atomic E-state index is 0.131.